The van der Waals surface area contributed by atoms with Gasteiger partial charge in [0, 0.05) is 16.8 Å². The molecule has 4 aliphatic carbocycles. The van der Waals surface area contributed by atoms with Crippen molar-refractivity contribution in [1.82, 2.24) is 0 Å². The maximum Gasteiger partial charge on any atom is 0.0616 e. The normalized spacial score (nSPS) is 40.2. The van der Waals surface area contributed by atoms with Crippen molar-refractivity contribution in [2.45, 2.75) is 44.1 Å². The molecule has 0 amide bonds. The Morgan fingerprint density at radius 1 is 1.00 bits per heavy atom. The van der Waals surface area contributed by atoms with Crippen LogP contribution in [0, 0.1) is 17.8 Å². The lowest BCUT2D eigenvalue weighted by atomic mass is 9.53. The van der Waals surface area contributed by atoms with Gasteiger partial charge < -0.3 is 0 Å². The van der Waals surface area contributed by atoms with Gasteiger partial charge in [0.15, 0.2) is 0 Å². The molecule has 0 unspecified atom stereocenters. The van der Waals surface area contributed by atoms with E-state index in [9.17, 15) is 0 Å². The Morgan fingerprint density at radius 3 is 2.16 bits per heavy atom. The molecule has 0 aromatic heterocycles. The van der Waals surface area contributed by atoms with Gasteiger partial charge in [-0.3, -0.25) is 4.99 Å². The second-order valence-electron chi connectivity index (χ2n) is 6.92. The van der Waals surface area contributed by atoms with Crippen molar-refractivity contribution in [2.24, 2.45) is 22.7 Å². The van der Waals surface area contributed by atoms with Gasteiger partial charge in [-0.15, -0.1) is 0 Å². The van der Waals surface area contributed by atoms with E-state index in [4.69, 9.17) is 16.6 Å². The first-order valence-corrected chi connectivity index (χ1v) is 7.90. The number of benzene rings is 1. The lowest BCUT2D eigenvalue weighted by molar-refractivity contribution is 0.00195. The van der Waals surface area contributed by atoms with Crippen LogP contribution in [0.3, 0.4) is 0 Å². The van der Waals surface area contributed by atoms with Crippen molar-refractivity contribution in [3.63, 3.8) is 0 Å². The standard InChI is InChI=1S/C17H20ClN/c18-16-4-2-1-3-15(16)11-19-17-8-12-5-13(9-17)7-14(6-12)10-17/h1-4,11-14H,5-10H2. The van der Waals surface area contributed by atoms with Gasteiger partial charge in [0.2, 0.25) is 0 Å². The predicted octanol–water partition coefficient (Wildman–Crippen LogP) is 4.73. The molecule has 4 fully saturated rings. The van der Waals surface area contributed by atoms with Crippen molar-refractivity contribution in [2.75, 3.05) is 0 Å². The van der Waals surface area contributed by atoms with E-state index in [-0.39, 0.29) is 5.54 Å². The Hall–Kier alpha value is -0.820. The summed E-state index contributed by atoms with van der Waals surface area (Å²) in [5, 5.41) is 0.816. The molecule has 1 aromatic carbocycles. The molecule has 1 aromatic rings. The van der Waals surface area contributed by atoms with E-state index >= 15 is 0 Å². The molecule has 0 spiro atoms. The minimum absolute atomic E-state index is 0.258. The average Bonchev–Trinajstić information content (AvgIpc) is 2.36. The van der Waals surface area contributed by atoms with Gasteiger partial charge in [0.05, 0.1) is 5.54 Å². The Kier molecular flexibility index (Phi) is 2.73. The molecule has 1 nitrogen and oxygen atoms in total. The highest BCUT2D eigenvalue weighted by molar-refractivity contribution is 6.33. The van der Waals surface area contributed by atoms with E-state index in [0.29, 0.717) is 0 Å². The Balaban J connectivity index is 1.61. The van der Waals surface area contributed by atoms with E-state index in [1.807, 2.05) is 24.4 Å². The third-order valence-corrected chi connectivity index (χ3v) is 5.73. The van der Waals surface area contributed by atoms with E-state index < -0.39 is 0 Å². The first kappa shape index (κ1) is 12.0. The molecule has 0 radical (unpaired) electrons. The van der Waals surface area contributed by atoms with Gasteiger partial charge in [-0.2, -0.15) is 0 Å². The third kappa shape index (κ3) is 2.12. The molecule has 0 saturated heterocycles. The maximum absolute atomic E-state index is 6.22. The summed E-state index contributed by atoms with van der Waals surface area (Å²) in [4.78, 5) is 5.04. The van der Waals surface area contributed by atoms with Gasteiger partial charge in [0.25, 0.3) is 0 Å². The van der Waals surface area contributed by atoms with Crippen LogP contribution in [0.1, 0.15) is 44.1 Å². The topological polar surface area (TPSA) is 12.4 Å². The van der Waals surface area contributed by atoms with Crippen LogP contribution in [0.15, 0.2) is 29.3 Å². The van der Waals surface area contributed by atoms with Gasteiger partial charge in [-0.05, 0) is 62.3 Å². The van der Waals surface area contributed by atoms with Crippen LogP contribution in [0.2, 0.25) is 5.02 Å². The van der Waals surface area contributed by atoms with Crippen LogP contribution in [-0.2, 0) is 0 Å². The largest absolute Gasteiger partial charge is 0.286 e. The zero-order valence-corrected chi connectivity index (χ0v) is 11.9. The number of hydrogen-bond donors (Lipinski definition) is 0. The van der Waals surface area contributed by atoms with E-state index in [1.54, 1.807) is 0 Å². The van der Waals surface area contributed by atoms with E-state index in [2.05, 4.69) is 6.07 Å². The van der Waals surface area contributed by atoms with Crippen LogP contribution in [0.5, 0.6) is 0 Å². The summed E-state index contributed by atoms with van der Waals surface area (Å²) in [6.07, 6.45) is 10.4. The molecule has 0 aliphatic heterocycles. The van der Waals surface area contributed by atoms with Gasteiger partial charge >= 0.3 is 0 Å². The zero-order valence-electron chi connectivity index (χ0n) is 11.2. The second-order valence-corrected chi connectivity index (χ2v) is 7.33. The van der Waals surface area contributed by atoms with Crippen LogP contribution < -0.4 is 0 Å². The molecule has 0 atom stereocenters. The molecule has 4 bridgehead atoms. The minimum Gasteiger partial charge on any atom is -0.286 e. The van der Waals surface area contributed by atoms with Crippen LogP contribution in [-0.4, -0.2) is 11.8 Å². The van der Waals surface area contributed by atoms with Gasteiger partial charge in [0.1, 0.15) is 0 Å². The fraction of sp³-hybridized carbons (Fsp3) is 0.588. The molecule has 0 heterocycles. The van der Waals surface area contributed by atoms with E-state index in [1.165, 1.54) is 38.5 Å². The smallest absolute Gasteiger partial charge is 0.0616 e. The fourth-order valence-electron chi connectivity index (χ4n) is 5.01. The number of rotatable bonds is 2. The SMILES string of the molecule is Clc1ccccc1C=NC12CC3CC(CC(C3)C1)C2. The number of nitrogens with zero attached hydrogens (tertiary/aromatic N) is 1. The fourth-order valence-corrected chi connectivity index (χ4v) is 5.19. The molecule has 19 heavy (non-hydrogen) atoms. The summed E-state index contributed by atoms with van der Waals surface area (Å²) < 4.78 is 0. The molecule has 4 saturated carbocycles. The molecule has 100 valence electrons. The highest BCUT2D eigenvalue weighted by atomic mass is 35.5. The van der Waals surface area contributed by atoms with Crippen molar-refractivity contribution in [3.05, 3.63) is 34.9 Å². The second kappa shape index (κ2) is 4.34. The van der Waals surface area contributed by atoms with Crippen LogP contribution >= 0.6 is 11.6 Å². The highest BCUT2D eigenvalue weighted by Crippen LogP contribution is 2.57. The van der Waals surface area contributed by atoms with Crippen LogP contribution in [0.25, 0.3) is 0 Å². The predicted molar refractivity (Wildman–Crippen MR) is 79.9 cm³/mol. The molecular weight excluding hydrogens is 254 g/mol. The molecular formula is C17H20ClN. The number of hydrogen-bond acceptors (Lipinski definition) is 1. The lowest BCUT2D eigenvalue weighted by Gasteiger charge is -2.55. The molecule has 2 heteroatoms. The summed E-state index contributed by atoms with van der Waals surface area (Å²) in [5.74, 6) is 2.86. The molecule has 0 N–H and O–H groups in total. The first-order valence-electron chi connectivity index (χ1n) is 7.52. The summed E-state index contributed by atoms with van der Waals surface area (Å²) in [6.45, 7) is 0. The lowest BCUT2D eigenvalue weighted by Crippen LogP contribution is -2.49. The summed E-state index contributed by atoms with van der Waals surface area (Å²) in [5.41, 5.74) is 1.33. The Labute approximate surface area is 120 Å². The van der Waals surface area contributed by atoms with E-state index in [0.717, 1.165) is 28.3 Å². The minimum atomic E-state index is 0.258. The van der Waals surface area contributed by atoms with Crippen molar-refractivity contribution >= 4 is 17.8 Å². The first-order chi connectivity index (χ1) is 9.22. The van der Waals surface area contributed by atoms with Gasteiger partial charge in [-0.1, -0.05) is 29.8 Å². The Morgan fingerprint density at radius 2 is 1.58 bits per heavy atom. The Bertz CT molecular complexity index is 484. The molecule has 4 aliphatic rings. The average molecular weight is 274 g/mol. The van der Waals surface area contributed by atoms with Gasteiger partial charge in [-0.25, -0.2) is 0 Å². The summed E-state index contributed by atoms with van der Waals surface area (Å²) in [7, 11) is 0. The zero-order chi connectivity index (χ0) is 12.9. The van der Waals surface area contributed by atoms with Crippen LogP contribution in [0.4, 0.5) is 0 Å². The number of halogens is 1. The quantitative estimate of drug-likeness (QED) is 0.691. The maximum atomic E-state index is 6.22. The highest BCUT2D eigenvalue weighted by Gasteiger charge is 2.50. The van der Waals surface area contributed by atoms with Crippen molar-refractivity contribution in [3.8, 4) is 0 Å². The molecule has 5 rings (SSSR count). The van der Waals surface area contributed by atoms with Crippen molar-refractivity contribution in [1.29, 1.82) is 0 Å². The third-order valence-electron chi connectivity index (χ3n) is 5.39. The summed E-state index contributed by atoms with van der Waals surface area (Å²) >= 11 is 6.22. The summed E-state index contributed by atoms with van der Waals surface area (Å²) in [6, 6.07) is 8.02. The monoisotopic (exact) mass is 273 g/mol. The number of aliphatic imine (C=N–C) groups is 1. The van der Waals surface area contributed by atoms with Crippen molar-refractivity contribution < 1.29 is 0 Å².